The van der Waals surface area contributed by atoms with Crippen LogP contribution in [0, 0.1) is 17.2 Å². The molecule has 2 aromatic carbocycles. The van der Waals surface area contributed by atoms with E-state index < -0.39 is 10.2 Å². The van der Waals surface area contributed by atoms with Gasteiger partial charge in [0.2, 0.25) is 0 Å². The minimum Gasteiger partial charge on any atom is -0.222 e. The first kappa shape index (κ1) is 21.0. The normalized spacial score (nSPS) is 10.9. The van der Waals surface area contributed by atoms with Gasteiger partial charge in [0, 0.05) is 20.6 Å². The molecule has 3 rings (SSSR count). The average Bonchev–Trinajstić information content (AvgIpc) is 2.53. The first-order chi connectivity index (χ1) is 12.1. The molecule has 0 unspecified atom stereocenters. The molecule has 3 aromatic rings. The molecule has 5 nitrogen and oxygen atoms in total. The second-order valence-corrected chi connectivity index (χ2v) is 7.81. The molecular formula is C18H13Br2ClO5. The Morgan fingerprint density at radius 3 is 1.77 bits per heavy atom. The van der Waals surface area contributed by atoms with E-state index in [0.29, 0.717) is 0 Å². The highest BCUT2D eigenvalue weighted by Crippen LogP contribution is 2.30. The van der Waals surface area contributed by atoms with Gasteiger partial charge in [0.25, 0.3) is 0 Å². The zero-order chi connectivity index (χ0) is 19.3. The fraction of sp³-hybridized carbons (Fsp3) is 0.0556. The van der Waals surface area contributed by atoms with E-state index in [9.17, 15) is 0 Å². The van der Waals surface area contributed by atoms with Crippen molar-refractivity contribution < 1.29 is 33.3 Å². The number of halogens is 3. The molecule has 26 heavy (non-hydrogen) atoms. The maximum atomic E-state index is 8.49. The van der Waals surface area contributed by atoms with Gasteiger partial charge in [-0.25, -0.2) is 23.1 Å². The van der Waals surface area contributed by atoms with Crippen molar-refractivity contribution in [2.24, 2.45) is 0 Å². The summed E-state index contributed by atoms with van der Waals surface area (Å²) >= 11 is 7.02. The van der Waals surface area contributed by atoms with Crippen molar-refractivity contribution in [2.75, 3.05) is 0 Å². The summed E-state index contributed by atoms with van der Waals surface area (Å²) in [4.78, 5) is 0. The van der Waals surface area contributed by atoms with Gasteiger partial charge in [-0.05, 0) is 35.9 Å². The van der Waals surface area contributed by atoms with E-state index in [1.807, 2.05) is 37.3 Å². The molecular weight excluding hydrogens is 491 g/mol. The maximum absolute atomic E-state index is 8.49. The van der Waals surface area contributed by atoms with Gasteiger partial charge in [-0.15, -0.1) is 10.2 Å². The largest absolute Gasteiger partial charge is 0.360 e. The van der Waals surface area contributed by atoms with Gasteiger partial charge in [-0.2, -0.15) is 0 Å². The molecule has 0 N–H and O–H groups in total. The van der Waals surface area contributed by atoms with E-state index in [-0.39, 0.29) is 0 Å². The molecule has 0 bridgehead atoms. The molecule has 0 amide bonds. The van der Waals surface area contributed by atoms with Crippen molar-refractivity contribution in [2.45, 2.75) is 6.92 Å². The Labute approximate surface area is 169 Å². The Kier molecular flexibility index (Phi) is 7.31. The summed E-state index contributed by atoms with van der Waals surface area (Å²) in [7, 11) is -4.94. The Balaban J connectivity index is 0.000000431. The summed E-state index contributed by atoms with van der Waals surface area (Å²) < 4.78 is 42.0. The summed E-state index contributed by atoms with van der Waals surface area (Å²) in [6.07, 6.45) is 0. The highest BCUT2D eigenvalue weighted by atomic mass is 79.9. The number of hydrogen-bond acceptors (Lipinski definition) is 4. The average molecular weight is 505 g/mol. The lowest BCUT2D eigenvalue weighted by atomic mass is 10.0. The number of benzene rings is 2. The number of aryl methyl sites for hydroxylation is 1. The Hall–Kier alpha value is -1.32. The molecule has 0 spiro atoms. The third kappa shape index (κ3) is 7.13. The Morgan fingerprint density at radius 2 is 1.23 bits per heavy atom. The molecule has 136 valence electrons. The van der Waals surface area contributed by atoms with Crippen LogP contribution in [0.1, 0.15) is 5.76 Å². The highest BCUT2D eigenvalue weighted by Gasteiger charge is 2.16. The van der Waals surface area contributed by atoms with Gasteiger partial charge in [0.05, 0.1) is 18.6 Å². The van der Waals surface area contributed by atoms with Crippen molar-refractivity contribution in [3.63, 3.8) is 0 Å². The van der Waals surface area contributed by atoms with Crippen LogP contribution < -0.4 is 18.6 Å². The van der Waals surface area contributed by atoms with Crippen LogP contribution in [0.5, 0.6) is 0 Å². The second kappa shape index (κ2) is 9.05. The van der Waals surface area contributed by atoms with Crippen molar-refractivity contribution in [1.82, 2.24) is 0 Å². The fourth-order valence-electron chi connectivity index (χ4n) is 2.25. The Morgan fingerprint density at radius 1 is 0.731 bits per heavy atom. The topological polar surface area (TPSA) is 104 Å². The minimum atomic E-state index is -4.94. The lowest BCUT2D eigenvalue weighted by Gasteiger charge is -2.17. The van der Waals surface area contributed by atoms with Crippen LogP contribution in [-0.2, 0) is 0 Å². The molecule has 0 aliphatic rings. The summed E-state index contributed by atoms with van der Waals surface area (Å²) in [5.74, 6) is 1.76. The standard InChI is InChI=1S/C18H13Br2O.ClHO4/c1-12-8-15(13-4-2-6-16(19)9-13)11-18(21-12)14-5-3-7-17(20)10-14;2-1(3,4)5/h2-11H,1H3;(H,2,3,4,5)/q+1;/p-1. The van der Waals surface area contributed by atoms with E-state index in [0.717, 1.165) is 31.6 Å². The van der Waals surface area contributed by atoms with Gasteiger partial charge in [0.15, 0.2) is 0 Å². The summed E-state index contributed by atoms with van der Waals surface area (Å²) in [6, 6.07) is 20.5. The first-order valence-electron chi connectivity index (χ1n) is 7.20. The van der Waals surface area contributed by atoms with E-state index in [1.54, 1.807) is 0 Å². The zero-order valence-electron chi connectivity index (χ0n) is 13.4. The van der Waals surface area contributed by atoms with Crippen LogP contribution in [0.15, 0.2) is 74.0 Å². The maximum Gasteiger partial charge on any atom is 0.360 e. The van der Waals surface area contributed by atoms with Crippen molar-refractivity contribution in [3.05, 3.63) is 75.4 Å². The van der Waals surface area contributed by atoms with E-state index in [2.05, 4.69) is 62.2 Å². The van der Waals surface area contributed by atoms with Crippen LogP contribution >= 0.6 is 31.9 Å². The summed E-state index contributed by atoms with van der Waals surface area (Å²) in [5.41, 5.74) is 3.37. The van der Waals surface area contributed by atoms with Crippen LogP contribution in [0.25, 0.3) is 22.5 Å². The van der Waals surface area contributed by atoms with Gasteiger partial charge < -0.3 is 0 Å². The Bertz CT molecular complexity index is 827. The van der Waals surface area contributed by atoms with Crippen LogP contribution in [0.4, 0.5) is 0 Å². The van der Waals surface area contributed by atoms with Crippen LogP contribution in [-0.4, -0.2) is 0 Å². The van der Waals surface area contributed by atoms with Crippen LogP contribution in [0.2, 0.25) is 0 Å². The lowest BCUT2D eigenvalue weighted by molar-refractivity contribution is -2.00. The second-order valence-electron chi connectivity index (χ2n) is 5.22. The lowest BCUT2D eigenvalue weighted by Crippen LogP contribution is -2.68. The predicted octanol–water partition coefficient (Wildman–Crippen LogP) is 1.97. The van der Waals surface area contributed by atoms with Gasteiger partial charge in [-0.1, -0.05) is 50.1 Å². The summed E-state index contributed by atoms with van der Waals surface area (Å²) in [5, 5.41) is 0. The van der Waals surface area contributed by atoms with Gasteiger partial charge >= 0.3 is 11.5 Å². The van der Waals surface area contributed by atoms with Gasteiger partial charge in [0.1, 0.15) is 0 Å². The number of rotatable bonds is 2. The van der Waals surface area contributed by atoms with Crippen molar-refractivity contribution >= 4 is 31.9 Å². The van der Waals surface area contributed by atoms with E-state index >= 15 is 0 Å². The number of hydrogen-bond donors (Lipinski definition) is 0. The molecule has 0 saturated carbocycles. The first-order valence-corrected chi connectivity index (χ1v) is 10.0. The zero-order valence-corrected chi connectivity index (χ0v) is 17.4. The highest BCUT2D eigenvalue weighted by molar-refractivity contribution is 9.10. The monoisotopic (exact) mass is 502 g/mol. The molecule has 1 aromatic heterocycles. The third-order valence-corrected chi connectivity index (χ3v) is 4.17. The molecule has 1 heterocycles. The molecule has 0 fully saturated rings. The minimum absolute atomic E-state index is 0.867. The predicted molar refractivity (Wildman–Crippen MR) is 94.1 cm³/mol. The molecule has 0 saturated heterocycles. The fourth-order valence-corrected chi connectivity index (χ4v) is 3.05. The van der Waals surface area contributed by atoms with Crippen LogP contribution in [0.3, 0.4) is 0 Å². The van der Waals surface area contributed by atoms with E-state index in [1.165, 1.54) is 5.56 Å². The molecule has 0 atom stereocenters. The molecule has 0 radical (unpaired) electrons. The quantitative estimate of drug-likeness (QED) is 0.497. The van der Waals surface area contributed by atoms with Crippen molar-refractivity contribution in [1.29, 1.82) is 0 Å². The van der Waals surface area contributed by atoms with E-state index in [4.69, 9.17) is 23.1 Å². The molecule has 0 aliphatic carbocycles. The molecule has 8 heteroatoms. The van der Waals surface area contributed by atoms with Gasteiger partial charge in [-0.3, -0.25) is 0 Å². The molecule has 0 aliphatic heterocycles. The summed E-state index contributed by atoms with van der Waals surface area (Å²) in [6.45, 7) is 1.98. The third-order valence-electron chi connectivity index (χ3n) is 3.18. The smallest absolute Gasteiger partial charge is 0.222 e. The SMILES string of the molecule is Cc1cc(-c2cccc(Br)c2)cc(-c2cccc(Br)c2)[o+]1.[O-][Cl+3]([O-])([O-])[O-]. The van der Waals surface area contributed by atoms with Crippen molar-refractivity contribution in [3.8, 4) is 22.5 Å².